The molecule has 0 fully saturated rings. The molecule has 0 saturated heterocycles. The number of hydrogen-bond donors (Lipinski definition) is 3. The molecule has 0 atom stereocenters. The minimum atomic E-state index is -0.722. The predicted molar refractivity (Wildman–Crippen MR) is 55.3 cm³/mol. The molecule has 16 heavy (non-hydrogen) atoms. The van der Waals surface area contributed by atoms with Crippen molar-refractivity contribution in [3.05, 3.63) is 32.4 Å². The first-order valence-corrected chi connectivity index (χ1v) is 3.87. The van der Waals surface area contributed by atoms with Gasteiger partial charge in [-0.15, -0.1) is 0 Å². The van der Waals surface area contributed by atoms with E-state index in [1.165, 1.54) is 12.1 Å². The van der Waals surface area contributed by atoms with Gasteiger partial charge in [0.2, 0.25) is 0 Å². The van der Waals surface area contributed by atoms with Crippen LogP contribution < -0.4 is 11.7 Å². The molecule has 2 rings (SSSR count). The van der Waals surface area contributed by atoms with E-state index in [2.05, 4.69) is 11.7 Å². The molecule has 2 aliphatic rings. The number of nitrogens with zero attached hydrogens (tertiary/aromatic N) is 2. The number of aliphatic hydroxyl groups excluding tert-OH is 1. The maximum Gasteiger partial charge on any atom is 0.354 e. The van der Waals surface area contributed by atoms with Crippen molar-refractivity contribution in [2.75, 3.05) is 7.11 Å². The number of hydrazine groups is 1. The molecule has 0 heterocycles. The van der Waals surface area contributed by atoms with Crippen molar-refractivity contribution in [1.29, 1.82) is 0 Å². The summed E-state index contributed by atoms with van der Waals surface area (Å²) >= 11 is 0. The van der Waals surface area contributed by atoms with Crippen molar-refractivity contribution >= 4 is 11.4 Å². The topological polar surface area (TPSA) is 159 Å². The fourth-order valence-corrected chi connectivity index (χ4v) is 1.23. The van der Waals surface area contributed by atoms with Crippen LogP contribution in [0.2, 0.25) is 0 Å². The number of nitro benzene ring substituents is 2. The van der Waals surface area contributed by atoms with Crippen LogP contribution in [0.25, 0.3) is 11.1 Å². The second-order valence-electron chi connectivity index (χ2n) is 2.37. The molecule has 0 amide bonds. The third-order valence-electron chi connectivity index (χ3n) is 1.81. The number of nitrogens with two attached hydrogens (primary N) is 2. The molecular formula is C7H10N4O5. The second kappa shape index (κ2) is 5.70. The molecule has 9 nitrogen and oxygen atoms in total. The quantitative estimate of drug-likeness (QED) is 0.369. The molecule has 0 aromatic heterocycles. The summed E-state index contributed by atoms with van der Waals surface area (Å²) in [5.41, 5.74) is 0.0633. The highest BCUT2D eigenvalue weighted by atomic mass is 16.6. The van der Waals surface area contributed by atoms with Gasteiger partial charge >= 0.3 is 11.4 Å². The molecule has 5 N–H and O–H groups in total. The highest BCUT2D eigenvalue weighted by Gasteiger charge is 2.43. The van der Waals surface area contributed by atoms with E-state index in [-0.39, 0.29) is 11.4 Å². The smallest absolute Gasteiger partial charge is 0.354 e. The Bertz CT molecular complexity index is 380. The Labute approximate surface area is 89.6 Å². The number of rotatable bonds is 2. The normalized spacial score (nSPS) is 9.00. The molecule has 0 spiro atoms. The fraction of sp³-hybridized carbons (Fsp3) is 0.143. The van der Waals surface area contributed by atoms with E-state index < -0.39 is 9.85 Å². The average molecular weight is 230 g/mol. The van der Waals surface area contributed by atoms with Crippen LogP contribution in [-0.4, -0.2) is 22.1 Å². The van der Waals surface area contributed by atoms with Gasteiger partial charge in [-0.2, -0.15) is 0 Å². The van der Waals surface area contributed by atoms with Crippen molar-refractivity contribution in [2.24, 2.45) is 11.7 Å². The summed E-state index contributed by atoms with van der Waals surface area (Å²) in [5.74, 6) is 8.00. The average Bonchev–Trinajstić information content (AvgIpc) is 2.25. The van der Waals surface area contributed by atoms with Crippen LogP contribution in [0, 0.1) is 20.2 Å². The Morgan fingerprint density at radius 2 is 1.25 bits per heavy atom. The molecule has 9 heteroatoms. The lowest BCUT2D eigenvalue weighted by molar-refractivity contribution is -0.424. The van der Waals surface area contributed by atoms with E-state index >= 15 is 0 Å². The lowest BCUT2D eigenvalue weighted by Crippen LogP contribution is -2.08. The van der Waals surface area contributed by atoms with Crippen molar-refractivity contribution in [3.8, 4) is 11.1 Å². The van der Waals surface area contributed by atoms with E-state index in [1.807, 2.05) is 0 Å². The predicted octanol–water partition coefficient (Wildman–Crippen LogP) is -0.0893. The van der Waals surface area contributed by atoms with Crippen LogP contribution >= 0.6 is 0 Å². The van der Waals surface area contributed by atoms with Gasteiger partial charge in [0.15, 0.2) is 0 Å². The van der Waals surface area contributed by atoms with Crippen molar-refractivity contribution in [2.45, 2.75) is 0 Å². The summed E-state index contributed by atoms with van der Waals surface area (Å²) in [6.07, 6.45) is 0. The molecule has 0 aromatic carbocycles. The van der Waals surface area contributed by atoms with Crippen LogP contribution in [0.4, 0.5) is 11.4 Å². The van der Waals surface area contributed by atoms with E-state index in [9.17, 15) is 20.2 Å². The Morgan fingerprint density at radius 1 is 1.00 bits per heavy atom. The maximum atomic E-state index is 10.3. The molecule has 2 aliphatic carbocycles. The van der Waals surface area contributed by atoms with Crippen LogP contribution in [-0.2, 0) is 0 Å². The highest BCUT2D eigenvalue weighted by molar-refractivity contribution is 6.00. The summed E-state index contributed by atoms with van der Waals surface area (Å²) in [6.45, 7) is 0. The minimum absolute atomic E-state index is 0.363. The molecule has 0 aliphatic heterocycles. The number of aliphatic hydroxyl groups is 1. The first kappa shape index (κ1) is 13.9. The number of nitro groups is 2. The molecular weight excluding hydrogens is 220 g/mol. The maximum absolute atomic E-state index is 10.3. The summed E-state index contributed by atoms with van der Waals surface area (Å²) in [7, 11) is 1.00. The first-order chi connectivity index (χ1) is 7.63. The Hall–Kier alpha value is -2.10. The van der Waals surface area contributed by atoms with Crippen LogP contribution in [0.1, 0.15) is 0 Å². The van der Waals surface area contributed by atoms with Crippen LogP contribution in [0.15, 0.2) is 12.1 Å². The van der Waals surface area contributed by atoms with Gasteiger partial charge in [0.05, 0.1) is 21.0 Å². The second-order valence-corrected chi connectivity index (χ2v) is 2.37. The fourth-order valence-electron chi connectivity index (χ4n) is 1.23. The van der Waals surface area contributed by atoms with E-state index in [0.29, 0.717) is 11.1 Å². The molecule has 0 radical (unpaired) electrons. The molecule has 0 unspecified atom stereocenters. The van der Waals surface area contributed by atoms with Crippen LogP contribution in [0.3, 0.4) is 0 Å². The Balaban J connectivity index is 0.000000509. The van der Waals surface area contributed by atoms with Gasteiger partial charge in [-0.3, -0.25) is 31.9 Å². The molecule has 88 valence electrons. The zero-order valence-corrected chi connectivity index (χ0v) is 8.28. The van der Waals surface area contributed by atoms with Gasteiger partial charge in [-0.05, 0) is 12.1 Å². The standard InChI is InChI=1S/C6H2N2O4.CH4O.H4N2/c9-7(10)5-3-1-2-4(3)6(5)8(11)12;2*1-2/h1-2H;2H,1H3;1-2H2. The third-order valence-corrected chi connectivity index (χ3v) is 1.81. The van der Waals surface area contributed by atoms with Gasteiger partial charge in [0, 0.05) is 7.11 Å². The molecule has 0 bridgehead atoms. The Morgan fingerprint density at radius 3 is 1.38 bits per heavy atom. The van der Waals surface area contributed by atoms with Crippen molar-refractivity contribution in [1.82, 2.24) is 0 Å². The monoisotopic (exact) mass is 230 g/mol. The van der Waals surface area contributed by atoms with Crippen molar-refractivity contribution in [3.63, 3.8) is 0 Å². The zero-order chi connectivity index (χ0) is 12.9. The number of hydrogen-bond acceptors (Lipinski definition) is 7. The molecule has 0 aromatic rings. The van der Waals surface area contributed by atoms with Gasteiger partial charge in [0.1, 0.15) is 0 Å². The summed E-state index contributed by atoms with van der Waals surface area (Å²) in [5, 5.41) is 27.5. The first-order valence-electron chi connectivity index (χ1n) is 3.87. The highest BCUT2D eigenvalue weighted by Crippen LogP contribution is 2.53. The summed E-state index contributed by atoms with van der Waals surface area (Å²) < 4.78 is 0. The largest absolute Gasteiger partial charge is 0.400 e. The number of fused-ring (bicyclic) bond motifs is 1. The van der Waals surface area contributed by atoms with Gasteiger partial charge < -0.3 is 5.11 Å². The summed E-state index contributed by atoms with van der Waals surface area (Å²) in [6, 6.07) is 3.00. The lowest BCUT2D eigenvalue weighted by Gasteiger charge is -2.14. The number of benzene rings is 1. The Kier molecular flexibility index (Phi) is 4.95. The van der Waals surface area contributed by atoms with Gasteiger partial charge in [0.25, 0.3) is 0 Å². The minimum Gasteiger partial charge on any atom is -0.400 e. The van der Waals surface area contributed by atoms with Crippen LogP contribution in [0.5, 0.6) is 0 Å². The van der Waals surface area contributed by atoms with Crippen molar-refractivity contribution < 1.29 is 15.0 Å². The third kappa shape index (κ3) is 1.95. The van der Waals surface area contributed by atoms with Gasteiger partial charge in [-0.1, -0.05) is 0 Å². The SMILES string of the molecule is CO.NN.O=[N+]([O-])c1c2ccc-2c1[N+](=O)[O-]. The zero-order valence-electron chi connectivity index (χ0n) is 8.28. The lowest BCUT2D eigenvalue weighted by atomic mass is 9.88. The molecule has 0 saturated carbocycles. The van der Waals surface area contributed by atoms with E-state index in [4.69, 9.17) is 5.11 Å². The van der Waals surface area contributed by atoms with E-state index in [0.717, 1.165) is 7.11 Å². The summed E-state index contributed by atoms with van der Waals surface area (Å²) in [4.78, 5) is 19.1. The van der Waals surface area contributed by atoms with E-state index in [1.54, 1.807) is 0 Å². The van der Waals surface area contributed by atoms with Gasteiger partial charge in [-0.25, -0.2) is 0 Å².